The van der Waals surface area contributed by atoms with Gasteiger partial charge < -0.3 is 21.5 Å². The third-order valence-corrected chi connectivity index (χ3v) is 0. The number of nitrogens with zero attached hydrogens (tertiary/aromatic N) is 1. The van der Waals surface area contributed by atoms with Crippen LogP contribution in [-0.4, -0.2) is 30.9 Å². The van der Waals surface area contributed by atoms with Crippen molar-refractivity contribution in [2.24, 2.45) is 0 Å². The van der Waals surface area contributed by atoms with Gasteiger partial charge in [0.2, 0.25) is 0 Å². The molecule has 0 aromatic carbocycles. The van der Waals surface area contributed by atoms with Crippen LogP contribution in [0.4, 0.5) is 0 Å². The molecule has 0 aliphatic rings. The standard InChI is InChI=1S/In.NO3.H3N/c;2-1(3)4;/h;;1H3/q;-1;/p+1. The Labute approximate surface area is 52.8 Å². The van der Waals surface area contributed by atoms with Gasteiger partial charge in [0.1, 0.15) is 0 Å². The Bertz CT molecular complexity index is 31.8. The van der Waals surface area contributed by atoms with Crippen molar-refractivity contribution in [2.45, 2.75) is 0 Å². The van der Waals surface area contributed by atoms with Gasteiger partial charge in [0.15, 0.2) is 0 Å². The van der Waals surface area contributed by atoms with Crippen molar-refractivity contribution >= 4 is 25.8 Å². The second-order valence-electron chi connectivity index (χ2n) is 0.224. The second kappa shape index (κ2) is 8.90. The molecule has 0 unspecified atom stereocenters. The average Bonchev–Trinajstić information content (AvgIpc) is 0.811. The first-order chi connectivity index (χ1) is 1.73. The smallest absolute Gasteiger partial charge is 0.0689 e. The molecule has 3 radical (unpaired) electrons. The molecule has 0 aromatic rings. The second-order valence-corrected chi connectivity index (χ2v) is 0.224. The van der Waals surface area contributed by atoms with Crippen LogP contribution in [-0.2, 0) is 0 Å². The molecule has 0 saturated heterocycles. The largest absolute Gasteiger partial charge is 0.369 e. The Morgan fingerprint density at radius 2 is 1.33 bits per heavy atom. The van der Waals surface area contributed by atoms with Crippen LogP contribution in [0.3, 0.4) is 0 Å². The monoisotopic (exact) mass is 195 g/mol. The fraction of sp³-hybridized carbons (Fsp3) is 0. The van der Waals surface area contributed by atoms with Crippen LogP contribution in [0.5, 0.6) is 0 Å². The zero-order valence-corrected chi connectivity index (χ0v) is 6.54. The van der Waals surface area contributed by atoms with Gasteiger partial charge in [-0.3, -0.25) is 0 Å². The van der Waals surface area contributed by atoms with Crippen molar-refractivity contribution in [2.75, 3.05) is 0 Å². The van der Waals surface area contributed by atoms with Gasteiger partial charge in [-0.2, -0.15) is 0 Å². The first-order valence-corrected chi connectivity index (χ1v) is 0.548. The summed E-state index contributed by atoms with van der Waals surface area (Å²) in [6.07, 6.45) is 0. The average molecular weight is 195 g/mol. The van der Waals surface area contributed by atoms with Crippen LogP contribution in [0.2, 0.25) is 0 Å². The van der Waals surface area contributed by atoms with Crippen LogP contribution < -0.4 is 6.15 Å². The van der Waals surface area contributed by atoms with Gasteiger partial charge in [-0.15, -0.1) is 0 Å². The maximum atomic E-state index is 8.25. The van der Waals surface area contributed by atoms with Gasteiger partial charge >= 0.3 is 0 Å². The fourth-order valence-corrected chi connectivity index (χ4v) is 0. The minimum atomic E-state index is -1.75. The molecular weight excluding hydrogens is 191 g/mol. The SMILES string of the molecule is O=[N+]([O-])[O-].[In].[NH4+]. The summed E-state index contributed by atoms with van der Waals surface area (Å²) in [5.74, 6) is 0. The third kappa shape index (κ3) is 40800. The molecule has 0 bridgehead atoms. The van der Waals surface area contributed by atoms with Crippen LogP contribution in [0.25, 0.3) is 0 Å². The number of quaternary nitrogens is 1. The number of hydrogen-bond donors (Lipinski definition) is 1. The Hall–Kier alpha value is 0.0301. The van der Waals surface area contributed by atoms with Crippen molar-refractivity contribution in [3.05, 3.63) is 15.3 Å². The molecule has 0 saturated carbocycles. The van der Waals surface area contributed by atoms with Gasteiger partial charge in [-0.25, -0.2) is 0 Å². The maximum Gasteiger partial charge on any atom is 0.0689 e. The fourth-order valence-electron chi connectivity index (χ4n) is 0. The summed E-state index contributed by atoms with van der Waals surface area (Å²) < 4.78 is 0. The van der Waals surface area contributed by atoms with Crippen LogP contribution >= 0.6 is 0 Å². The molecule has 6 heteroatoms. The summed E-state index contributed by atoms with van der Waals surface area (Å²) >= 11 is 0. The summed E-state index contributed by atoms with van der Waals surface area (Å²) in [7, 11) is 0. The molecule has 0 atom stereocenters. The van der Waals surface area contributed by atoms with Gasteiger partial charge in [0.05, 0.1) is 5.09 Å². The van der Waals surface area contributed by atoms with E-state index >= 15 is 0 Å². The molecular formula is H4InN2O3. The third-order valence-electron chi connectivity index (χ3n) is 0. The number of rotatable bonds is 0. The zero-order valence-electron chi connectivity index (χ0n) is 3.25. The molecule has 0 aromatic heterocycles. The number of hydrogen-bond acceptors (Lipinski definition) is 3. The molecule has 35 valence electrons. The first-order valence-electron chi connectivity index (χ1n) is 0.548. The molecule has 0 aliphatic carbocycles. The van der Waals surface area contributed by atoms with E-state index in [0.717, 1.165) is 0 Å². The minimum absolute atomic E-state index is 0. The molecule has 0 spiro atoms. The van der Waals surface area contributed by atoms with E-state index in [1.807, 2.05) is 0 Å². The Kier molecular flexibility index (Phi) is 24.6. The van der Waals surface area contributed by atoms with E-state index in [2.05, 4.69) is 0 Å². The van der Waals surface area contributed by atoms with Crippen molar-refractivity contribution in [3.8, 4) is 0 Å². The molecule has 6 heavy (non-hydrogen) atoms. The van der Waals surface area contributed by atoms with E-state index in [4.69, 9.17) is 15.3 Å². The van der Waals surface area contributed by atoms with E-state index in [-0.39, 0.29) is 32.0 Å². The van der Waals surface area contributed by atoms with Gasteiger partial charge in [0.25, 0.3) is 0 Å². The normalized spacial score (nSPS) is 4.00. The summed E-state index contributed by atoms with van der Waals surface area (Å²) in [6.45, 7) is 0. The Morgan fingerprint density at radius 3 is 1.33 bits per heavy atom. The van der Waals surface area contributed by atoms with Crippen molar-refractivity contribution in [1.82, 2.24) is 6.15 Å². The molecule has 5 nitrogen and oxygen atoms in total. The van der Waals surface area contributed by atoms with Gasteiger partial charge in [0, 0.05) is 25.8 Å². The Morgan fingerprint density at radius 1 is 1.33 bits per heavy atom. The van der Waals surface area contributed by atoms with Crippen molar-refractivity contribution < 1.29 is 5.09 Å². The summed E-state index contributed by atoms with van der Waals surface area (Å²) in [4.78, 5) is 8.25. The molecule has 0 heterocycles. The molecule has 0 aliphatic heterocycles. The summed E-state index contributed by atoms with van der Waals surface area (Å²) in [6, 6.07) is 0. The van der Waals surface area contributed by atoms with Crippen LogP contribution in [0.15, 0.2) is 0 Å². The Balaban J connectivity index is -0.0000000450. The topological polar surface area (TPSA) is 103 Å². The molecule has 0 amide bonds. The molecule has 4 N–H and O–H groups in total. The van der Waals surface area contributed by atoms with E-state index < -0.39 is 5.09 Å². The minimum Gasteiger partial charge on any atom is -0.369 e. The van der Waals surface area contributed by atoms with Crippen LogP contribution in [0, 0.1) is 15.3 Å². The zero-order chi connectivity index (χ0) is 3.58. The van der Waals surface area contributed by atoms with Crippen LogP contribution in [0.1, 0.15) is 0 Å². The van der Waals surface area contributed by atoms with Gasteiger partial charge in [-0.05, 0) is 0 Å². The quantitative estimate of drug-likeness (QED) is 0.425. The van der Waals surface area contributed by atoms with Crippen molar-refractivity contribution in [1.29, 1.82) is 0 Å². The first kappa shape index (κ1) is 16.6. The van der Waals surface area contributed by atoms with E-state index in [1.165, 1.54) is 0 Å². The van der Waals surface area contributed by atoms with Crippen molar-refractivity contribution in [3.63, 3.8) is 0 Å². The predicted octanol–water partition coefficient (Wildman–Crippen LogP) is -0.244. The van der Waals surface area contributed by atoms with E-state index in [1.54, 1.807) is 0 Å². The molecule has 0 fully saturated rings. The summed E-state index contributed by atoms with van der Waals surface area (Å²) in [5, 5.41) is 14.8. The van der Waals surface area contributed by atoms with E-state index in [0.29, 0.717) is 0 Å². The van der Waals surface area contributed by atoms with E-state index in [9.17, 15) is 0 Å². The van der Waals surface area contributed by atoms with Gasteiger partial charge in [-0.1, -0.05) is 0 Å². The molecule has 0 rings (SSSR count). The maximum absolute atomic E-state index is 8.25. The predicted molar refractivity (Wildman–Crippen MR) is 22.1 cm³/mol. The summed E-state index contributed by atoms with van der Waals surface area (Å²) in [5.41, 5.74) is 0.